The lowest BCUT2D eigenvalue weighted by Crippen LogP contribution is -2.62. The largest absolute Gasteiger partial charge is 0.492 e. The van der Waals surface area contributed by atoms with E-state index in [0.717, 1.165) is 24.2 Å². The normalized spacial score (nSPS) is 34.7. The Bertz CT molecular complexity index is 755. The molecule has 4 bridgehead atoms. The molecule has 1 aliphatic heterocycles. The van der Waals surface area contributed by atoms with Gasteiger partial charge in [-0.15, -0.1) is 0 Å². The zero-order valence-electron chi connectivity index (χ0n) is 15.3. The molecule has 4 aliphatic carbocycles. The summed E-state index contributed by atoms with van der Waals surface area (Å²) in [6.07, 6.45) is 6.28. The number of urea groups is 1. The van der Waals surface area contributed by atoms with E-state index in [1.807, 2.05) is 30.3 Å². The Kier molecular flexibility index (Phi) is 3.78. The number of carbonyl (C=O) groups is 3. The number of rotatable bonds is 5. The standard InChI is InChI=1S/C21H24N2O4/c24-18-19(25)23(21-11-14-8-15(12-21)10-16(9-14)13-21)20(26)22(18)6-7-27-17-4-2-1-3-5-17/h1-5,14-16H,6-13H2. The maximum Gasteiger partial charge on any atom is 0.334 e. The minimum absolute atomic E-state index is 0.0984. The van der Waals surface area contributed by atoms with Crippen LogP contribution in [-0.4, -0.2) is 46.3 Å². The molecular formula is C21H24N2O4. The summed E-state index contributed by atoms with van der Waals surface area (Å²) in [5.41, 5.74) is -0.423. The molecule has 5 fully saturated rings. The van der Waals surface area contributed by atoms with E-state index in [1.54, 1.807) is 0 Å². The molecule has 1 aromatic rings. The highest BCUT2D eigenvalue weighted by molar-refractivity contribution is 6.44. The van der Waals surface area contributed by atoms with Crippen molar-refractivity contribution in [2.24, 2.45) is 17.8 Å². The smallest absolute Gasteiger partial charge is 0.334 e. The Morgan fingerprint density at radius 3 is 2.07 bits per heavy atom. The van der Waals surface area contributed by atoms with Crippen LogP contribution in [0.5, 0.6) is 5.75 Å². The van der Waals surface area contributed by atoms with E-state index in [0.29, 0.717) is 23.5 Å². The SMILES string of the molecule is O=C1C(=O)N(C23CC4CC(CC(C4)C2)C3)C(=O)N1CCOc1ccccc1. The van der Waals surface area contributed by atoms with E-state index in [2.05, 4.69) is 0 Å². The molecule has 5 aliphatic rings. The van der Waals surface area contributed by atoms with E-state index in [1.165, 1.54) is 24.2 Å². The second kappa shape index (κ2) is 6.08. The molecule has 0 spiro atoms. The fourth-order valence-corrected chi connectivity index (χ4v) is 6.23. The van der Waals surface area contributed by atoms with Crippen molar-refractivity contribution in [2.45, 2.75) is 44.1 Å². The maximum absolute atomic E-state index is 13.0. The molecule has 6 rings (SSSR count). The second-order valence-corrected chi connectivity index (χ2v) is 8.68. The van der Waals surface area contributed by atoms with Crippen LogP contribution in [0.4, 0.5) is 4.79 Å². The molecule has 142 valence electrons. The summed E-state index contributed by atoms with van der Waals surface area (Å²) in [4.78, 5) is 40.7. The monoisotopic (exact) mass is 368 g/mol. The Morgan fingerprint density at radius 2 is 1.48 bits per heavy atom. The molecule has 4 saturated carbocycles. The van der Waals surface area contributed by atoms with Crippen LogP contribution >= 0.6 is 0 Å². The summed E-state index contributed by atoms with van der Waals surface area (Å²) in [6.45, 7) is 0.282. The topological polar surface area (TPSA) is 66.9 Å². The number of amides is 4. The summed E-state index contributed by atoms with van der Waals surface area (Å²) >= 11 is 0. The van der Waals surface area contributed by atoms with E-state index in [9.17, 15) is 14.4 Å². The van der Waals surface area contributed by atoms with Gasteiger partial charge in [-0.2, -0.15) is 0 Å². The zero-order chi connectivity index (χ0) is 18.6. The second-order valence-electron chi connectivity index (χ2n) is 8.68. The van der Waals surface area contributed by atoms with Crippen LogP contribution in [0.3, 0.4) is 0 Å². The van der Waals surface area contributed by atoms with E-state index >= 15 is 0 Å². The number of benzene rings is 1. The van der Waals surface area contributed by atoms with Gasteiger partial charge in [0.1, 0.15) is 12.4 Å². The predicted molar refractivity (Wildman–Crippen MR) is 96.8 cm³/mol. The highest BCUT2D eigenvalue weighted by Crippen LogP contribution is 2.58. The van der Waals surface area contributed by atoms with Crippen molar-refractivity contribution >= 4 is 17.8 Å². The molecule has 0 atom stereocenters. The van der Waals surface area contributed by atoms with Gasteiger partial charge in [0.2, 0.25) is 0 Å². The highest BCUT2D eigenvalue weighted by Gasteiger charge is 2.60. The average molecular weight is 368 g/mol. The number of imide groups is 2. The first-order valence-corrected chi connectivity index (χ1v) is 9.94. The Morgan fingerprint density at radius 1 is 0.889 bits per heavy atom. The molecule has 0 unspecified atom stereocenters. The third-order valence-electron chi connectivity index (χ3n) is 6.86. The first-order valence-electron chi connectivity index (χ1n) is 9.94. The van der Waals surface area contributed by atoms with Crippen molar-refractivity contribution < 1.29 is 19.1 Å². The number of hydrogen-bond donors (Lipinski definition) is 0. The van der Waals surface area contributed by atoms with Gasteiger partial charge >= 0.3 is 17.8 Å². The van der Waals surface area contributed by atoms with Gasteiger partial charge in [-0.25, -0.2) is 9.69 Å². The van der Waals surface area contributed by atoms with Gasteiger partial charge in [-0.3, -0.25) is 14.5 Å². The molecule has 0 N–H and O–H groups in total. The van der Waals surface area contributed by atoms with Gasteiger partial charge in [0.25, 0.3) is 0 Å². The molecule has 0 aromatic heterocycles. The third-order valence-corrected chi connectivity index (χ3v) is 6.86. The first-order chi connectivity index (χ1) is 13.1. The quantitative estimate of drug-likeness (QED) is 0.592. The van der Waals surface area contributed by atoms with Crippen LogP contribution in [0.2, 0.25) is 0 Å². The number of hydrogen-bond acceptors (Lipinski definition) is 4. The third kappa shape index (κ3) is 2.65. The van der Waals surface area contributed by atoms with Gasteiger partial charge in [0.05, 0.1) is 12.1 Å². The van der Waals surface area contributed by atoms with E-state index in [-0.39, 0.29) is 13.2 Å². The fraction of sp³-hybridized carbons (Fsp3) is 0.571. The minimum atomic E-state index is -0.701. The lowest BCUT2D eigenvalue weighted by atomic mass is 9.52. The van der Waals surface area contributed by atoms with Crippen LogP contribution < -0.4 is 4.74 Å². The van der Waals surface area contributed by atoms with E-state index in [4.69, 9.17) is 4.74 Å². The Labute approximate surface area is 158 Å². The maximum atomic E-state index is 13.0. The molecule has 1 heterocycles. The summed E-state index contributed by atoms with van der Waals surface area (Å²) in [7, 11) is 0. The summed E-state index contributed by atoms with van der Waals surface area (Å²) < 4.78 is 5.61. The van der Waals surface area contributed by atoms with Crippen molar-refractivity contribution in [2.75, 3.05) is 13.2 Å². The Hall–Kier alpha value is -2.37. The van der Waals surface area contributed by atoms with Crippen LogP contribution in [0.25, 0.3) is 0 Å². The molecule has 4 amide bonds. The number of para-hydroxylation sites is 1. The van der Waals surface area contributed by atoms with Gasteiger partial charge in [0, 0.05) is 0 Å². The van der Waals surface area contributed by atoms with Crippen molar-refractivity contribution in [1.29, 1.82) is 0 Å². The predicted octanol–water partition coefficient (Wildman–Crippen LogP) is 2.83. The average Bonchev–Trinajstić information content (AvgIpc) is 2.85. The number of carbonyl (C=O) groups excluding carboxylic acids is 3. The molecule has 27 heavy (non-hydrogen) atoms. The zero-order valence-corrected chi connectivity index (χ0v) is 15.3. The van der Waals surface area contributed by atoms with Crippen molar-refractivity contribution in [1.82, 2.24) is 9.80 Å². The molecular weight excluding hydrogens is 344 g/mol. The van der Waals surface area contributed by atoms with Crippen molar-refractivity contribution in [3.8, 4) is 5.75 Å². The van der Waals surface area contributed by atoms with Crippen LogP contribution in [0, 0.1) is 17.8 Å². The van der Waals surface area contributed by atoms with Crippen molar-refractivity contribution in [3.63, 3.8) is 0 Å². The lowest BCUT2D eigenvalue weighted by Gasteiger charge is -2.58. The van der Waals surface area contributed by atoms with Gasteiger partial charge < -0.3 is 4.74 Å². The lowest BCUT2D eigenvalue weighted by molar-refractivity contribution is -0.150. The van der Waals surface area contributed by atoms with Crippen LogP contribution in [-0.2, 0) is 9.59 Å². The summed E-state index contributed by atoms with van der Waals surface area (Å²) in [5.74, 6) is 1.14. The Balaban J connectivity index is 1.31. The van der Waals surface area contributed by atoms with Crippen LogP contribution in [0.15, 0.2) is 30.3 Å². The molecule has 6 nitrogen and oxygen atoms in total. The van der Waals surface area contributed by atoms with E-state index < -0.39 is 23.4 Å². The number of nitrogens with zero attached hydrogens (tertiary/aromatic N) is 2. The fourth-order valence-electron chi connectivity index (χ4n) is 6.23. The van der Waals surface area contributed by atoms with Gasteiger partial charge in [-0.1, -0.05) is 18.2 Å². The highest BCUT2D eigenvalue weighted by atomic mass is 16.5. The first kappa shape index (κ1) is 16.8. The van der Waals surface area contributed by atoms with Crippen LogP contribution in [0.1, 0.15) is 38.5 Å². The van der Waals surface area contributed by atoms with Crippen molar-refractivity contribution in [3.05, 3.63) is 30.3 Å². The summed E-state index contributed by atoms with van der Waals surface area (Å²) in [5, 5.41) is 0. The molecule has 1 saturated heterocycles. The molecule has 1 aromatic carbocycles. The molecule has 6 heteroatoms. The van der Waals surface area contributed by atoms with Gasteiger partial charge in [0.15, 0.2) is 0 Å². The van der Waals surface area contributed by atoms with Gasteiger partial charge in [-0.05, 0) is 68.4 Å². The molecule has 0 radical (unpaired) electrons. The minimum Gasteiger partial charge on any atom is -0.492 e. The number of ether oxygens (including phenoxy) is 1. The summed E-state index contributed by atoms with van der Waals surface area (Å²) in [6, 6.07) is 8.81.